The van der Waals surface area contributed by atoms with Gasteiger partial charge in [-0.2, -0.15) is 0 Å². The fourth-order valence-corrected chi connectivity index (χ4v) is 10.8. The lowest BCUT2D eigenvalue weighted by Crippen LogP contribution is -1.98. The molecule has 0 radical (unpaired) electrons. The van der Waals surface area contributed by atoms with Gasteiger partial charge in [0.05, 0.1) is 16.8 Å². The fourth-order valence-electron chi connectivity index (χ4n) is 4.04. The molecule has 0 aliphatic carbocycles. The third-order valence-corrected chi connectivity index (χ3v) is 14.2. The van der Waals surface area contributed by atoms with E-state index in [2.05, 4.69) is 77.0 Å². The summed E-state index contributed by atoms with van der Waals surface area (Å²) < 4.78 is 5.50. The smallest absolute Gasteiger partial charge is 0.0605 e. The number of thioether (sulfide) groups is 4. The molecule has 0 nitrogen and oxygen atoms in total. The molecule has 0 aliphatic heterocycles. The molecule has 0 spiro atoms. The minimum absolute atomic E-state index is 1.38. The van der Waals surface area contributed by atoms with Gasteiger partial charge in [-0.25, -0.2) is 0 Å². The largest absolute Gasteiger partial charge is 0.134 e. The van der Waals surface area contributed by atoms with Gasteiger partial charge in [0.2, 0.25) is 0 Å². The Bertz CT molecular complexity index is 1140. The maximum atomic E-state index is 2.42. The van der Waals surface area contributed by atoms with Crippen molar-refractivity contribution in [1.29, 1.82) is 0 Å². The van der Waals surface area contributed by atoms with Gasteiger partial charge in [-0.3, -0.25) is 0 Å². The van der Waals surface area contributed by atoms with Crippen molar-refractivity contribution in [3.8, 4) is 0 Å². The number of rotatable bonds is 8. The molecule has 0 aliphatic rings. The summed E-state index contributed by atoms with van der Waals surface area (Å²) in [5.74, 6) is 0. The number of hydrogen-bond acceptors (Lipinski definition) is 8. The molecular formula is C26H28S8. The van der Waals surface area contributed by atoms with Crippen molar-refractivity contribution < 1.29 is 0 Å². The van der Waals surface area contributed by atoms with Crippen LogP contribution in [0.5, 0.6) is 0 Å². The second kappa shape index (κ2) is 11.5. The second-order valence-electron chi connectivity index (χ2n) is 7.71. The van der Waals surface area contributed by atoms with Gasteiger partial charge in [-0.05, 0) is 110 Å². The van der Waals surface area contributed by atoms with Crippen LogP contribution in [0, 0.1) is 27.7 Å². The Labute approximate surface area is 237 Å². The molecule has 4 aromatic rings. The van der Waals surface area contributed by atoms with Gasteiger partial charge in [0.1, 0.15) is 0 Å². The van der Waals surface area contributed by atoms with E-state index in [1.807, 2.05) is 92.4 Å². The third kappa shape index (κ3) is 5.30. The van der Waals surface area contributed by atoms with Crippen LogP contribution in [0.15, 0.2) is 41.1 Å². The Morgan fingerprint density at radius 3 is 0.794 bits per heavy atom. The van der Waals surface area contributed by atoms with E-state index in [0.717, 1.165) is 0 Å². The average molecular weight is 597 g/mol. The van der Waals surface area contributed by atoms with Crippen LogP contribution in [0.3, 0.4) is 0 Å². The molecule has 0 saturated carbocycles. The minimum atomic E-state index is 1.38. The first-order valence-electron chi connectivity index (χ1n) is 10.6. The van der Waals surface area contributed by atoms with Gasteiger partial charge in [-0.1, -0.05) is 0 Å². The first kappa shape index (κ1) is 27.0. The molecule has 0 fully saturated rings. The Kier molecular flexibility index (Phi) is 9.17. The highest BCUT2D eigenvalue weighted by molar-refractivity contribution is 8.01. The molecule has 0 N–H and O–H groups in total. The molecule has 0 aromatic carbocycles. The normalized spacial score (nSPS) is 11.4. The number of hydrogen-bond donors (Lipinski definition) is 0. The summed E-state index contributed by atoms with van der Waals surface area (Å²) >= 11 is 15.1. The van der Waals surface area contributed by atoms with Crippen LogP contribution in [0.2, 0.25) is 0 Å². The van der Waals surface area contributed by atoms with Gasteiger partial charge in [0.15, 0.2) is 0 Å². The average Bonchev–Trinajstić information content (AvgIpc) is 3.58. The Balaban J connectivity index is 2.18. The highest BCUT2D eigenvalue weighted by atomic mass is 32.2. The lowest BCUT2D eigenvalue weighted by Gasteiger charge is -2.17. The number of thiophene rings is 4. The van der Waals surface area contributed by atoms with E-state index in [1.165, 1.54) is 69.7 Å². The van der Waals surface area contributed by atoms with E-state index >= 15 is 0 Å². The van der Waals surface area contributed by atoms with Crippen LogP contribution in [0.1, 0.15) is 41.8 Å². The molecule has 0 saturated heterocycles. The van der Waals surface area contributed by atoms with E-state index in [4.69, 9.17) is 0 Å². The van der Waals surface area contributed by atoms with Gasteiger partial charge >= 0.3 is 0 Å². The van der Waals surface area contributed by atoms with Gasteiger partial charge < -0.3 is 0 Å². The quantitative estimate of drug-likeness (QED) is 0.185. The fraction of sp³-hybridized carbons (Fsp3) is 0.308. The first-order chi connectivity index (χ1) is 16.3. The maximum absolute atomic E-state index is 2.42. The van der Waals surface area contributed by atoms with E-state index in [0.29, 0.717) is 0 Å². The molecule has 4 heterocycles. The molecule has 34 heavy (non-hydrogen) atoms. The van der Waals surface area contributed by atoms with Crippen molar-refractivity contribution in [1.82, 2.24) is 0 Å². The first-order valence-corrected chi connectivity index (χ1v) is 18.8. The van der Waals surface area contributed by atoms with Crippen LogP contribution in [-0.4, -0.2) is 25.0 Å². The predicted octanol–water partition coefficient (Wildman–Crippen LogP) is 11.1. The molecule has 180 valence electrons. The van der Waals surface area contributed by atoms with E-state index in [-0.39, 0.29) is 0 Å². The second-order valence-corrected chi connectivity index (χ2v) is 17.2. The summed E-state index contributed by atoms with van der Waals surface area (Å²) in [5, 5.41) is 0. The van der Waals surface area contributed by atoms with E-state index in [1.54, 1.807) is 0 Å². The molecule has 0 unspecified atom stereocenters. The summed E-state index contributed by atoms with van der Waals surface area (Å²) in [6.07, 6.45) is 8.73. The topological polar surface area (TPSA) is 0 Å². The van der Waals surface area contributed by atoms with Crippen molar-refractivity contribution in [3.63, 3.8) is 0 Å². The van der Waals surface area contributed by atoms with Crippen LogP contribution in [0.25, 0.3) is 11.1 Å². The van der Waals surface area contributed by atoms with Gasteiger partial charge in [0, 0.05) is 19.5 Å². The standard InChI is InChI=1S/C26H28S8/c1-13-17(9-21(27-5)31-13)25(18-10-22(28-6)32-14(18)2)26(19-11-23(29-7)33-15(19)3)20-12-24(30-8)34-16(20)4/h9-12H,1-8H3. The summed E-state index contributed by atoms with van der Waals surface area (Å²) in [7, 11) is 0. The van der Waals surface area contributed by atoms with Crippen LogP contribution in [-0.2, 0) is 0 Å². The Morgan fingerprint density at radius 1 is 0.441 bits per heavy atom. The zero-order chi connectivity index (χ0) is 24.6. The third-order valence-electron chi connectivity index (χ3n) is 5.71. The van der Waals surface area contributed by atoms with Crippen LogP contribution < -0.4 is 0 Å². The van der Waals surface area contributed by atoms with Crippen LogP contribution >= 0.6 is 92.4 Å². The van der Waals surface area contributed by atoms with Gasteiger partial charge in [0.25, 0.3) is 0 Å². The molecule has 0 amide bonds. The molecule has 4 aromatic heterocycles. The van der Waals surface area contributed by atoms with Crippen molar-refractivity contribution >= 4 is 104 Å². The van der Waals surface area contributed by atoms with Crippen molar-refractivity contribution in [3.05, 3.63) is 66.0 Å². The number of aryl methyl sites for hydroxylation is 4. The minimum Gasteiger partial charge on any atom is -0.134 e. The molecule has 8 heteroatoms. The molecule has 0 bridgehead atoms. The summed E-state index contributed by atoms with van der Waals surface area (Å²) in [4.78, 5) is 5.57. The zero-order valence-electron chi connectivity index (χ0n) is 20.6. The van der Waals surface area contributed by atoms with Crippen molar-refractivity contribution in [2.24, 2.45) is 0 Å². The monoisotopic (exact) mass is 596 g/mol. The molecule has 4 rings (SSSR count). The SMILES string of the molecule is CSc1cc(C(=C(c2cc(SC)sc2C)c2cc(SC)sc2C)c2cc(SC)sc2C)c(C)s1. The zero-order valence-corrected chi connectivity index (χ0v) is 27.1. The predicted molar refractivity (Wildman–Crippen MR) is 168 cm³/mol. The van der Waals surface area contributed by atoms with Crippen LogP contribution in [0.4, 0.5) is 0 Å². The molecule has 0 atom stereocenters. The lowest BCUT2D eigenvalue weighted by molar-refractivity contribution is 1.44. The van der Waals surface area contributed by atoms with Crippen molar-refractivity contribution in [2.75, 3.05) is 25.0 Å². The highest BCUT2D eigenvalue weighted by Gasteiger charge is 2.26. The summed E-state index contributed by atoms with van der Waals surface area (Å²) in [5.41, 5.74) is 8.31. The van der Waals surface area contributed by atoms with E-state index < -0.39 is 0 Å². The van der Waals surface area contributed by atoms with Gasteiger partial charge in [-0.15, -0.1) is 92.4 Å². The van der Waals surface area contributed by atoms with E-state index in [9.17, 15) is 0 Å². The Hall–Kier alpha value is -0.0600. The van der Waals surface area contributed by atoms with Crippen molar-refractivity contribution in [2.45, 2.75) is 44.5 Å². The maximum Gasteiger partial charge on any atom is 0.0605 e. The Morgan fingerprint density at radius 2 is 0.647 bits per heavy atom. The lowest BCUT2D eigenvalue weighted by atomic mass is 9.86. The summed E-state index contributed by atoms with van der Waals surface area (Å²) in [6.45, 7) is 9.15. The highest BCUT2D eigenvalue weighted by Crippen LogP contribution is 2.49. The summed E-state index contributed by atoms with van der Waals surface area (Å²) in [6, 6.07) is 9.68. The molecular weight excluding hydrogens is 569 g/mol.